The number of hydrogen-bond acceptors (Lipinski definition) is 7. The molecule has 2 aromatic carbocycles. The molecule has 34 heavy (non-hydrogen) atoms. The number of carbonyl (C=O) groups is 1. The molecule has 3 aromatic heterocycles. The van der Waals surface area contributed by atoms with E-state index in [1.807, 2.05) is 54.6 Å². The first-order valence-electron chi connectivity index (χ1n) is 11.1. The third kappa shape index (κ3) is 3.89. The zero-order valence-electron chi connectivity index (χ0n) is 18.3. The fraction of sp³-hybridized carbons (Fsp3) is 0.200. The van der Waals surface area contributed by atoms with Crippen molar-refractivity contribution in [1.82, 2.24) is 25.5 Å². The Morgan fingerprint density at radius 3 is 2.79 bits per heavy atom. The van der Waals surface area contributed by atoms with Gasteiger partial charge in [-0.1, -0.05) is 42.5 Å². The average Bonchev–Trinajstić information content (AvgIpc) is 3.55. The highest BCUT2D eigenvalue weighted by Gasteiger charge is 2.22. The summed E-state index contributed by atoms with van der Waals surface area (Å²) in [4.78, 5) is 25.7. The highest BCUT2D eigenvalue weighted by Crippen LogP contribution is 2.35. The molecule has 6 rings (SSSR count). The molecule has 0 radical (unpaired) electrons. The Balaban J connectivity index is 1.41. The third-order valence-corrected chi connectivity index (χ3v) is 7.03. The largest absolute Gasteiger partial charge is 0.378 e. The standard InChI is InChI=1S/C25H22N6O2S/c32-25(26-14-16-5-2-1-3-6-16)21-13-20-22(34-21)24(31-9-11-33-12-10-31)29-23(28-20)17-7-4-8-19-18(17)15-27-30-19/h1-8,13,15H,9-12,14H2,(H,26,32)(H,27,30). The molecule has 170 valence electrons. The molecule has 0 bridgehead atoms. The molecule has 1 saturated heterocycles. The van der Waals surface area contributed by atoms with E-state index >= 15 is 0 Å². The number of rotatable bonds is 5. The van der Waals surface area contributed by atoms with Crippen LogP contribution in [0.4, 0.5) is 5.82 Å². The number of nitrogens with one attached hydrogen (secondary N) is 2. The lowest BCUT2D eigenvalue weighted by Gasteiger charge is -2.28. The first kappa shape index (κ1) is 20.8. The van der Waals surface area contributed by atoms with Gasteiger partial charge in [0, 0.05) is 30.6 Å². The molecule has 5 aromatic rings. The number of aromatic amines is 1. The van der Waals surface area contributed by atoms with Crippen LogP contribution in [-0.2, 0) is 11.3 Å². The minimum absolute atomic E-state index is 0.113. The maximum absolute atomic E-state index is 13.0. The summed E-state index contributed by atoms with van der Waals surface area (Å²) < 4.78 is 6.47. The normalized spacial score (nSPS) is 14.1. The molecule has 0 atom stereocenters. The van der Waals surface area contributed by atoms with Crippen molar-refractivity contribution >= 4 is 44.2 Å². The first-order valence-corrected chi connectivity index (χ1v) is 12.0. The number of nitrogens with zero attached hydrogens (tertiary/aromatic N) is 4. The van der Waals surface area contributed by atoms with E-state index in [1.165, 1.54) is 11.3 Å². The van der Waals surface area contributed by atoms with Gasteiger partial charge in [0.25, 0.3) is 5.91 Å². The predicted molar refractivity (Wildman–Crippen MR) is 133 cm³/mol. The van der Waals surface area contributed by atoms with Crippen molar-refractivity contribution in [2.75, 3.05) is 31.2 Å². The zero-order chi connectivity index (χ0) is 22.9. The average molecular weight is 471 g/mol. The van der Waals surface area contributed by atoms with Crippen molar-refractivity contribution in [1.29, 1.82) is 0 Å². The second kappa shape index (κ2) is 8.85. The van der Waals surface area contributed by atoms with Crippen molar-refractivity contribution in [3.8, 4) is 11.4 Å². The van der Waals surface area contributed by atoms with Crippen LogP contribution in [0.2, 0.25) is 0 Å². The summed E-state index contributed by atoms with van der Waals surface area (Å²) in [6.45, 7) is 3.26. The van der Waals surface area contributed by atoms with Gasteiger partial charge in [0.15, 0.2) is 11.6 Å². The van der Waals surface area contributed by atoms with Crippen LogP contribution < -0.4 is 10.2 Å². The van der Waals surface area contributed by atoms with Gasteiger partial charge in [-0.15, -0.1) is 11.3 Å². The Hall–Kier alpha value is -3.82. The van der Waals surface area contributed by atoms with Gasteiger partial charge in [-0.2, -0.15) is 5.10 Å². The number of carbonyl (C=O) groups excluding carboxylic acids is 1. The van der Waals surface area contributed by atoms with Crippen LogP contribution in [0.1, 0.15) is 15.2 Å². The zero-order valence-corrected chi connectivity index (χ0v) is 19.1. The number of amides is 1. The van der Waals surface area contributed by atoms with E-state index in [4.69, 9.17) is 14.7 Å². The van der Waals surface area contributed by atoms with Crippen molar-refractivity contribution in [3.63, 3.8) is 0 Å². The van der Waals surface area contributed by atoms with Crippen LogP contribution >= 0.6 is 11.3 Å². The van der Waals surface area contributed by atoms with E-state index in [1.54, 1.807) is 6.20 Å². The number of ether oxygens (including phenoxy) is 1. The lowest BCUT2D eigenvalue weighted by Crippen LogP contribution is -2.36. The molecule has 8 nitrogen and oxygen atoms in total. The molecule has 1 fully saturated rings. The summed E-state index contributed by atoms with van der Waals surface area (Å²) in [5.41, 5.74) is 3.66. The van der Waals surface area contributed by atoms with Crippen LogP contribution in [0.15, 0.2) is 60.8 Å². The number of benzene rings is 2. The molecule has 1 amide bonds. The quantitative estimate of drug-likeness (QED) is 0.403. The summed E-state index contributed by atoms with van der Waals surface area (Å²) in [6.07, 6.45) is 1.79. The molecule has 2 N–H and O–H groups in total. The Bertz CT molecular complexity index is 1470. The molecule has 0 spiro atoms. The van der Waals surface area contributed by atoms with E-state index in [-0.39, 0.29) is 5.91 Å². The van der Waals surface area contributed by atoms with E-state index in [0.29, 0.717) is 30.5 Å². The summed E-state index contributed by atoms with van der Waals surface area (Å²) in [6, 6.07) is 17.7. The van der Waals surface area contributed by atoms with Gasteiger partial charge in [-0.3, -0.25) is 9.89 Å². The van der Waals surface area contributed by atoms with Crippen LogP contribution in [0.5, 0.6) is 0 Å². The second-order valence-corrected chi connectivity index (χ2v) is 9.15. The van der Waals surface area contributed by atoms with Crippen LogP contribution in [-0.4, -0.2) is 52.4 Å². The number of H-pyrrole nitrogens is 1. The monoisotopic (exact) mass is 470 g/mol. The molecular weight excluding hydrogens is 448 g/mol. The highest BCUT2D eigenvalue weighted by atomic mass is 32.1. The topological polar surface area (TPSA) is 96.0 Å². The van der Waals surface area contributed by atoms with Crippen molar-refractivity contribution < 1.29 is 9.53 Å². The fourth-order valence-corrected chi connectivity index (χ4v) is 5.20. The maximum Gasteiger partial charge on any atom is 0.261 e. The molecular formula is C25H22N6O2S. The molecule has 0 aliphatic carbocycles. The summed E-state index contributed by atoms with van der Waals surface area (Å²) in [5.74, 6) is 1.35. The predicted octanol–water partition coefficient (Wildman–Crippen LogP) is 4.00. The SMILES string of the molecule is O=C(NCc1ccccc1)c1cc2nc(-c3cccc4[nH]ncc34)nc(N3CCOCC3)c2s1. The van der Waals surface area contributed by atoms with Crippen LogP contribution in [0.3, 0.4) is 0 Å². The van der Waals surface area contributed by atoms with Gasteiger partial charge < -0.3 is 15.0 Å². The lowest BCUT2D eigenvalue weighted by atomic mass is 10.1. The van der Waals surface area contributed by atoms with E-state index in [0.717, 1.165) is 51.2 Å². The van der Waals surface area contributed by atoms with Crippen molar-refractivity contribution in [2.45, 2.75) is 6.54 Å². The first-order chi connectivity index (χ1) is 16.8. The smallest absolute Gasteiger partial charge is 0.261 e. The van der Waals surface area contributed by atoms with Gasteiger partial charge in [-0.05, 0) is 17.7 Å². The van der Waals surface area contributed by atoms with E-state index in [2.05, 4.69) is 20.4 Å². The fourth-order valence-electron chi connectivity index (χ4n) is 4.17. The minimum Gasteiger partial charge on any atom is -0.378 e. The number of thiophene rings is 1. The van der Waals surface area contributed by atoms with Gasteiger partial charge in [0.1, 0.15) is 0 Å². The Morgan fingerprint density at radius 2 is 1.94 bits per heavy atom. The second-order valence-electron chi connectivity index (χ2n) is 8.10. The van der Waals surface area contributed by atoms with Gasteiger partial charge in [0.2, 0.25) is 0 Å². The maximum atomic E-state index is 13.0. The molecule has 4 heterocycles. The lowest BCUT2D eigenvalue weighted by molar-refractivity contribution is 0.0955. The van der Waals surface area contributed by atoms with Crippen LogP contribution in [0.25, 0.3) is 32.5 Å². The Morgan fingerprint density at radius 1 is 1.09 bits per heavy atom. The third-order valence-electron chi connectivity index (χ3n) is 5.91. The number of fused-ring (bicyclic) bond motifs is 2. The number of anilines is 1. The minimum atomic E-state index is -0.113. The summed E-state index contributed by atoms with van der Waals surface area (Å²) in [7, 11) is 0. The van der Waals surface area contributed by atoms with Crippen molar-refractivity contribution in [2.24, 2.45) is 0 Å². The number of morpholine rings is 1. The van der Waals surface area contributed by atoms with E-state index < -0.39 is 0 Å². The summed E-state index contributed by atoms with van der Waals surface area (Å²) >= 11 is 1.43. The highest BCUT2D eigenvalue weighted by molar-refractivity contribution is 7.21. The van der Waals surface area contributed by atoms with Gasteiger partial charge >= 0.3 is 0 Å². The van der Waals surface area contributed by atoms with Crippen LogP contribution in [0, 0.1) is 0 Å². The van der Waals surface area contributed by atoms with E-state index in [9.17, 15) is 4.79 Å². The molecule has 9 heteroatoms. The van der Waals surface area contributed by atoms with Crippen molar-refractivity contribution in [3.05, 3.63) is 71.2 Å². The molecule has 1 aliphatic heterocycles. The van der Waals surface area contributed by atoms with Gasteiger partial charge in [0.05, 0.1) is 40.0 Å². The number of hydrogen-bond donors (Lipinski definition) is 2. The number of aromatic nitrogens is 4. The Labute approximate surface area is 199 Å². The summed E-state index contributed by atoms with van der Waals surface area (Å²) in [5, 5.41) is 11.2. The Kier molecular flexibility index (Phi) is 5.40. The molecule has 0 unspecified atom stereocenters. The van der Waals surface area contributed by atoms with Gasteiger partial charge in [-0.25, -0.2) is 9.97 Å². The molecule has 1 aliphatic rings. The molecule has 0 saturated carbocycles.